The number of nitrogens with zero attached hydrogens (tertiary/aromatic N) is 7. The first-order chi connectivity index (χ1) is 12.9. The minimum Gasteiger partial charge on any atom is -0.342 e. The van der Waals surface area contributed by atoms with Crippen molar-refractivity contribution in [2.45, 2.75) is 26.3 Å². The van der Waals surface area contributed by atoms with Crippen molar-refractivity contribution >= 4 is 17.0 Å². The molecule has 27 heavy (non-hydrogen) atoms. The minimum absolute atomic E-state index is 0.0251. The van der Waals surface area contributed by atoms with E-state index in [1.807, 2.05) is 0 Å². The lowest BCUT2D eigenvalue weighted by molar-refractivity contribution is 0.347. The molecule has 142 valence electrons. The Balaban J connectivity index is 1.52. The van der Waals surface area contributed by atoms with Gasteiger partial charge in [0.1, 0.15) is 5.39 Å². The monoisotopic (exact) mass is 369 g/mol. The first kappa shape index (κ1) is 17.4. The Morgan fingerprint density at radius 3 is 2.63 bits per heavy atom. The fourth-order valence-electron chi connectivity index (χ4n) is 3.72. The predicted octanol–water partition coefficient (Wildman–Crippen LogP) is 0.449. The van der Waals surface area contributed by atoms with Crippen molar-refractivity contribution in [3.63, 3.8) is 0 Å². The lowest BCUT2D eigenvalue weighted by Gasteiger charge is -2.33. The van der Waals surface area contributed by atoms with Crippen LogP contribution in [-0.2, 0) is 20.6 Å². The third kappa shape index (κ3) is 3.13. The van der Waals surface area contributed by atoms with Crippen LogP contribution in [0.1, 0.15) is 18.4 Å². The second-order valence-corrected chi connectivity index (χ2v) is 7.28. The first-order valence-corrected chi connectivity index (χ1v) is 9.10. The molecule has 1 fully saturated rings. The van der Waals surface area contributed by atoms with Crippen molar-refractivity contribution in [3.8, 4) is 0 Å². The Morgan fingerprint density at radius 1 is 1.15 bits per heavy atom. The molecule has 4 rings (SSSR count). The molecular formula is C18H23N7O2. The number of aromatic nitrogens is 6. The molecular weight excluding hydrogens is 346 g/mol. The van der Waals surface area contributed by atoms with E-state index in [2.05, 4.69) is 20.0 Å². The van der Waals surface area contributed by atoms with Crippen LogP contribution in [0, 0.1) is 12.8 Å². The van der Waals surface area contributed by atoms with Crippen LogP contribution in [0.5, 0.6) is 0 Å². The largest absolute Gasteiger partial charge is 0.342 e. The van der Waals surface area contributed by atoms with Gasteiger partial charge >= 0.3 is 0 Å². The summed E-state index contributed by atoms with van der Waals surface area (Å²) >= 11 is 0. The van der Waals surface area contributed by atoms with Crippen LogP contribution in [0.25, 0.3) is 11.0 Å². The summed E-state index contributed by atoms with van der Waals surface area (Å²) < 4.78 is 4.91. The highest BCUT2D eigenvalue weighted by molar-refractivity contribution is 5.74. The summed E-state index contributed by atoms with van der Waals surface area (Å²) in [6.45, 7) is 4.04. The molecule has 9 heteroatoms. The van der Waals surface area contributed by atoms with Crippen molar-refractivity contribution in [2.75, 3.05) is 18.0 Å². The summed E-state index contributed by atoms with van der Waals surface area (Å²) in [4.78, 5) is 35.6. The summed E-state index contributed by atoms with van der Waals surface area (Å²) in [5, 5.41) is 4.81. The number of hydrogen-bond acceptors (Lipinski definition) is 6. The van der Waals surface area contributed by atoms with E-state index in [0.717, 1.165) is 25.9 Å². The van der Waals surface area contributed by atoms with E-state index in [1.54, 1.807) is 53.6 Å². The maximum Gasteiger partial charge on any atom is 0.265 e. The normalized spacial score (nSPS) is 15.6. The average Bonchev–Trinajstić information content (AvgIpc) is 3.03. The van der Waals surface area contributed by atoms with Crippen LogP contribution >= 0.6 is 0 Å². The number of rotatable bonds is 3. The van der Waals surface area contributed by atoms with Crippen molar-refractivity contribution in [1.82, 2.24) is 28.9 Å². The second-order valence-electron chi connectivity index (χ2n) is 7.28. The molecule has 3 aromatic heterocycles. The Kier molecular flexibility index (Phi) is 4.29. The second kappa shape index (κ2) is 6.64. The lowest BCUT2D eigenvalue weighted by atomic mass is 9.97. The van der Waals surface area contributed by atoms with Crippen molar-refractivity contribution in [3.05, 3.63) is 45.0 Å². The number of piperidine rings is 1. The summed E-state index contributed by atoms with van der Waals surface area (Å²) in [7, 11) is 3.54. The smallest absolute Gasteiger partial charge is 0.265 e. The highest BCUT2D eigenvalue weighted by Gasteiger charge is 2.24. The fourth-order valence-corrected chi connectivity index (χ4v) is 3.72. The maximum atomic E-state index is 12.6. The van der Waals surface area contributed by atoms with E-state index in [0.29, 0.717) is 35.0 Å². The zero-order valence-electron chi connectivity index (χ0n) is 15.8. The van der Waals surface area contributed by atoms with E-state index in [1.165, 1.54) is 0 Å². The van der Waals surface area contributed by atoms with Gasteiger partial charge in [-0.1, -0.05) is 0 Å². The van der Waals surface area contributed by atoms with Gasteiger partial charge in [0, 0.05) is 51.7 Å². The van der Waals surface area contributed by atoms with Crippen LogP contribution in [-0.4, -0.2) is 42.0 Å². The van der Waals surface area contributed by atoms with Gasteiger partial charge in [-0.2, -0.15) is 10.1 Å². The number of aryl methyl sites for hydroxylation is 2. The molecule has 1 saturated heterocycles. The maximum absolute atomic E-state index is 12.6. The van der Waals surface area contributed by atoms with Gasteiger partial charge in [-0.3, -0.25) is 23.4 Å². The highest BCUT2D eigenvalue weighted by atomic mass is 16.1. The third-order valence-corrected chi connectivity index (χ3v) is 5.27. The fraction of sp³-hybridized carbons (Fsp3) is 0.500. The number of hydrogen-bond donors (Lipinski definition) is 0. The molecule has 0 amide bonds. The molecule has 0 atom stereocenters. The molecule has 0 radical (unpaired) electrons. The van der Waals surface area contributed by atoms with E-state index in [-0.39, 0.29) is 11.1 Å². The van der Waals surface area contributed by atoms with Gasteiger partial charge in [0.2, 0.25) is 5.95 Å². The van der Waals surface area contributed by atoms with E-state index >= 15 is 0 Å². The molecule has 1 aliphatic rings. The van der Waals surface area contributed by atoms with E-state index in [4.69, 9.17) is 0 Å². The van der Waals surface area contributed by atoms with Crippen molar-refractivity contribution < 1.29 is 0 Å². The zero-order chi connectivity index (χ0) is 19.1. The van der Waals surface area contributed by atoms with Crippen LogP contribution in [0.3, 0.4) is 0 Å². The van der Waals surface area contributed by atoms with E-state index < -0.39 is 0 Å². The average molecular weight is 369 g/mol. The van der Waals surface area contributed by atoms with Crippen LogP contribution in [0.15, 0.2) is 28.3 Å². The first-order valence-electron chi connectivity index (χ1n) is 9.10. The molecule has 9 nitrogen and oxygen atoms in total. The summed E-state index contributed by atoms with van der Waals surface area (Å²) in [6.07, 6.45) is 6.77. The Morgan fingerprint density at radius 2 is 1.89 bits per heavy atom. The van der Waals surface area contributed by atoms with Gasteiger partial charge in [-0.25, -0.2) is 4.98 Å². The van der Waals surface area contributed by atoms with Crippen LogP contribution in [0.2, 0.25) is 0 Å². The third-order valence-electron chi connectivity index (χ3n) is 5.27. The molecule has 0 spiro atoms. The summed E-state index contributed by atoms with van der Waals surface area (Å²) in [6, 6.07) is 0. The molecule has 1 aliphatic heterocycles. The standard InChI is InChI=1S/C18H23N7O2/c1-12-8-19-11-25(16(12)26)9-13-4-6-24(7-5-13)18-20-15-14(10-22(2)21-15)17(27)23(18)3/h8,10-11,13H,4-7,9H2,1-3H3. The summed E-state index contributed by atoms with van der Waals surface area (Å²) in [5.41, 5.74) is 1.09. The molecule has 3 aromatic rings. The number of anilines is 1. The van der Waals surface area contributed by atoms with Crippen LogP contribution in [0.4, 0.5) is 5.95 Å². The van der Waals surface area contributed by atoms with Gasteiger partial charge in [0.15, 0.2) is 5.65 Å². The molecule has 0 N–H and O–H groups in total. The molecule has 0 aliphatic carbocycles. The Hall–Kier alpha value is -2.97. The van der Waals surface area contributed by atoms with Gasteiger partial charge in [-0.05, 0) is 25.7 Å². The van der Waals surface area contributed by atoms with Crippen LogP contribution < -0.4 is 16.0 Å². The predicted molar refractivity (Wildman–Crippen MR) is 102 cm³/mol. The molecule has 0 saturated carbocycles. The molecule has 4 heterocycles. The zero-order valence-corrected chi connectivity index (χ0v) is 15.8. The summed E-state index contributed by atoms with van der Waals surface area (Å²) in [5.74, 6) is 1.05. The minimum atomic E-state index is -0.0809. The highest BCUT2D eigenvalue weighted by Crippen LogP contribution is 2.23. The van der Waals surface area contributed by atoms with Gasteiger partial charge in [0.25, 0.3) is 11.1 Å². The Bertz CT molecular complexity index is 1100. The van der Waals surface area contributed by atoms with Gasteiger partial charge < -0.3 is 4.90 Å². The van der Waals surface area contributed by atoms with E-state index in [9.17, 15) is 9.59 Å². The molecule has 0 unspecified atom stereocenters. The SMILES string of the molecule is Cc1cncn(CC2CCN(c3nc4nn(C)cc4c(=O)n3C)CC2)c1=O. The number of fused-ring (bicyclic) bond motifs is 1. The quantitative estimate of drug-likeness (QED) is 0.666. The van der Waals surface area contributed by atoms with Gasteiger partial charge in [-0.15, -0.1) is 0 Å². The Labute approximate surface area is 155 Å². The van der Waals surface area contributed by atoms with Gasteiger partial charge in [0.05, 0.1) is 6.33 Å². The topological polar surface area (TPSA) is 90.8 Å². The van der Waals surface area contributed by atoms with Crippen molar-refractivity contribution in [2.24, 2.45) is 20.0 Å². The molecule has 0 bridgehead atoms. The molecule has 0 aromatic carbocycles. The van der Waals surface area contributed by atoms with Crippen molar-refractivity contribution in [1.29, 1.82) is 0 Å². The lowest BCUT2D eigenvalue weighted by Crippen LogP contribution is -2.39.